The summed E-state index contributed by atoms with van der Waals surface area (Å²) >= 11 is 5.77. The molecule has 0 aliphatic carbocycles. The van der Waals surface area contributed by atoms with Crippen molar-refractivity contribution < 1.29 is 0 Å². The summed E-state index contributed by atoms with van der Waals surface area (Å²) in [7, 11) is 0. The molecule has 0 saturated carbocycles. The molecule has 0 atom stereocenters. The average molecular weight is 236 g/mol. The number of hydrogen-bond donors (Lipinski definition) is 2. The summed E-state index contributed by atoms with van der Waals surface area (Å²) < 4.78 is 0. The van der Waals surface area contributed by atoms with Crippen LogP contribution in [-0.2, 0) is 6.54 Å². The minimum Gasteiger partial charge on any atom is -0.393 e. The van der Waals surface area contributed by atoms with Crippen molar-refractivity contribution in [2.45, 2.75) is 6.54 Å². The van der Waals surface area contributed by atoms with Gasteiger partial charge in [0.05, 0.1) is 0 Å². The predicted octanol–water partition coefficient (Wildman–Crippen LogP) is 1.72. The SMILES string of the molecule is Nc1c(Cl)ncnc1NCc1ccncc1. The summed E-state index contributed by atoms with van der Waals surface area (Å²) in [4.78, 5) is 11.7. The van der Waals surface area contributed by atoms with E-state index in [1.807, 2.05) is 12.1 Å². The zero-order chi connectivity index (χ0) is 11.4. The first kappa shape index (κ1) is 10.6. The quantitative estimate of drug-likeness (QED) is 0.793. The molecule has 2 rings (SSSR count). The standard InChI is InChI=1S/C10H10ClN5/c11-9-8(12)10(16-6-15-9)14-5-7-1-3-13-4-2-7/h1-4,6H,5,12H2,(H,14,15,16). The Hall–Kier alpha value is -1.88. The van der Waals surface area contributed by atoms with Gasteiger partial charge in [-0.15, -0.1) is 0 Å². The van der Waals surface area contributed by atoms with Crippen LogP contribution in [0.3, 0.4) is 0 Å². The van der Waals surface area contributed by atoms with Gasteiger partial charge in [-0.25, -0.2) is 9.97 Å². The molecule has 0 radical (unpaired) electrons. The maximum absolute atomic E-state index is 5.77. The van der Waals surface area contributed by atoms with Crippen LogP contribution in [0.5, 0.6) is 0 Å². The van der Waals surface area contributed by atoms with Crippen LogP contribution >= 0.6 is 11.6 Å². The minimum atomic E-state index is 0.257. The Morgan fingerprint density at radius 2 is 2.00 bits per heavy atom. The molecule has 2 aromatic heterocycles. The minimum absolute atomic E-state index is 0.257. The lowest BCUT2D eigenvalue weighted by atomic mass is 10.3. The fourth-order valence-corrected chi connectivity index (χ4v) is 1.33. The van der Waals surface area contributed by atoms with E-state index in [0.717, 1.165) is 5.56 Å². The van der Waals surface area contributed by atoms with Crippen molar-refractivity contribution in [3.05, 3.63) is 41.6 Å². The van der Waals surface area contributed by atoms with E-state index in [0.29, 0.717) is 18.1 Å². The molecule has 2 aromatic rings. The number of anilines is 2. The summed E-state index contributed by atoms with van der Waals surface area (Å²) in [6.07, 6.45) is 4.83. The Morgan fingerprint density at radius 3 is 2.75 bits per heavy atom. The third-order valence-corrected chi connectivity index (χ3v) is 2.35. The second kappa shape index (κ2) is 4.76. The summed E-state index contributed by atoms with van der Waals surface area (Å²) in [5.41, 5.74) is 7.16. The van der Waals surface area contributed by atoms with Crippen molar-refractivity contribution in [2.75, 3.05) is 11.1 Å². The largest absolute Gasteiger partial charge is 0.393 e. The van der Waals surface area contributed by atoms with Gasteiger partial charge >= 0.3 is 0 Å². The zero-order valence-electron chi connectivity index (χ0n) is 8.39. The molecule has 3 N–H and O–H groups in total. The van der Waals surface area contributed by atoms with E-state index in [9.17, 15) is 0 Å². The van der Waals surface area contributed by atoms with Gasteiger partial charge < -0.3 is 11.1 Å². The smallest absolute Gasteiger partial charge is 0.157 e. The highest BCUT2D eigenvalue weighted by molar-refractivity contribution is 6.32. The van der Waals surface area contributed by atoms with Crippen LogP contribution in [0, 0.1) is 0 Å². The highest BCUT2D eigenvalue weighted by Gasteiger charge is 2.04. The summed E-state index contributed by atoms with van der Waals surface area (Å²) in [6.45, 7) is 0.611. The number of nitrogens with one attached hydrogen (secondary N) is 1. The normalized spacial score (nSPS) is 10.1. The number of aromatic nitrogens is 3. The molecule has 0 bridgehead atoms. The molecule has 0 spiro atoms. The van der Waals surface area contributed by atoms with E-state index in [-0.39, 0.29) is 5.15 Å². The molecule has 2 heterocycles. The second-order valence-corrected chi connectivity index (χ2v) is 3.49. The van der Waals surface area contributed by atoms with Crippen LogP contribution in [-0.4, -0.2) is 15.0 Å². The summed E-state index contributed by atoms with van der Waals surface area (Å²) in [5, 5.41) is 3.34. The number of rotatable bonds is 3. The third kappa shape index (κ3) is 2.38. The molecule has 0 aliphatic rings. The fourth-order valence-electron chi connectivity index (χ4n) is 1.20. The lowest BCUT2D eigenvalue weighted by Gasteiger charge is -2.08. The number of nitrogen functional groups attached to an aromatic ring is 1. The van der Waals surface area contributed by atoms with E-state index in [2.05, 4.69) is 20.3 Å². The van der Waals surface area contributed by atoms with Crippen LogP contribution in [0.25, 0.3) is 0 Å². The monoisotopic (exact) mass is 235 g/mol. The van der Waals surface area contributed by atoms with Gasteiger partial charge in [0.2, 0.25) is 0 Å². The Balaban J connectivity index is 2.08. The third-order valence-electron chi connectivity index (χ3n) is 2.04. The van der Waals surface area contributed by atoms with Crippen molar-refractivity contribution in [3.8, 4) is 0 Å². The first-order chi connectivity index (χ1) is 7.77. The Bertz CT molecular complexity index is 474. The highest BCUT2D eigenvalue weighted by atomic mass is 35.5. The molecular formula is C10H10ClN5. The van der Waals surface area contributed by atoms with Gasteiger partial charge in [0.25, 0.3) is 0 Å². The lowest BCUT2D eigenvalue weighted by molar-refractivity contribution is 1.08. The second-order valence-electron chi connectivity index (χ2n) is 3.14. The van der Waals surface area contributed by atoms with Crippen LogP contribution < -0.4 is 11.1 Å². The molecule has 0 aliphatic heterocycles. The van der Waals surface area contributed by atoms with Crippen LogP contribution in [0.4, 0.5) is 11.5 Å². The van der Waals surface area contributed by atoms with E-state index < -0.39 is 0 Å². The van der Waals surface area contributed by atoms with E-state index in [1.54, 1.807) is 12.4 Å². The Kier molecular flexibility index (Phi) is 3.16. The molecule has 0 unspecified atom stereocenters. The Morgan fingerprint density at radius 1 is 1.25 bits per heavy atom. The number of nitrogens with zero attached hydrogens (tertiary/aromatic N) is 3. The maximum Gasteiger partial charge on any atom is 0.157 e. The number of nitrogens with two attached hydrogens (primary N) is 1. The molecular weight excluding hydrogens is 226 g/mol. The predicted molar refractivity (Wildman–Crippen MR) is 63.0 cm³/mol. The molecule has 5 nitrogen and oxygen atoms in total. The van der Waals surface area contributed by atoms with Gasteiger partial charge in [0.15, 0.2) is 11.0 Å². The van der Waals surface area contributed by atoms with Gasteiger partial charge in [0, 0.05) is 18.9 Å². The van der Waals surface area contributed by atoms with Gasteiger partial charge in [0.1, 0.15) is 12.0 Å². The summed E-state index contributed by atoms with van der Waals surface area (Å²) in [6, 6.07) is 3.82. The molecule has 82 valence electrons. The van der Waals surface area contributed by atoms with E-state index >= 15 is 0 Å². The first-order valence-electron chi connectivity index (χ1n) is 4.66. The molecule has 0 fully saturated rings. The van der Waals surface area contributed by atoms with Crippen LogP contribution in [0.1, 0.15) is 5.56 Å². The van der Waals surface area contributed by atoms with Gasteiger partial charge in [-0.3, -0.25) is 4.98 Å². The average Bonchev–Trinajstić information content (AvgIpc) is 2.32. The molecule has 0 amide bonds. The van der Waals surface area contributed by atoms with Gasteiger partial charge in [-0.1, -0.05) is 11.6 Å². The topological polar surface area (TPSA) is 76.7 Å². The van der Waals surface area contributed by atoms with Crippen molar-refractivity contribution in [3.63, 3.8) is 0 Å². The number of pyridine rings is 1. The van der Waals surface area contributed by atoms with Crippen molar-refractivity contribution in [1.29, 1.82) is 0 Å². The van der Waals surface area contributed by atoms with Crippen molar-refractivity contribution in [2.24, 2.45) is 0 Å². The molecule has 0 saturated heterocycles. The van der Waals surface area contributed by atoms with E-state index in [1.165, 1.54) is 6.33 Å². The molecule has 16 heavy (non-hydrogen) atoms. The maximum atomic E-state index is 5.77. The van der Waals surface area contributed by atoms with Crippen LogP contribution in [0.15, 0.2) is 30.9 Å². The number of hydrogen-bond acceptors (Lipinski definition) is 5. The van der Waals surface area contributed by atoms with Crippen molar-refractivity contribution in [1.82, 2.24) is 15.0 Å². The van der Waals surface area contributed by atoms with Gasteiger partial charge in [-0.05, 0) is 17.7 Å². The Labute approximate surface area is 97.7 Å². The fraction of sp³-hybridized carbons (Fsp3) is 0.100. The van der Waals surface area contributed by atoms with E-state index in [4.69, 9.17) is 17.3 Å². The lowest BCUT2D eigenvalue weighted by Crippen LogP contribution is -2.05. The summed E-state index contributed by atoms with van der Waals surface area (Å²) in [5.74, 6) is 0.539. The number of halogens is 1. The van der Waals surface area contributed by atoms with Gasteiger partial charge in [-0.2, -0.15) is 0 Å². The zero-order valence-corrected chi connectivity index (χ0v) is 9.15. The first-order valence-corrected chi connectivity index (χ1v) is 5.04. The molecule has 6 heteroatoms. The van der Waals surface area contributed by atoms with Crippen molar-refractivity contribution >= 4 is 23.1 Å². The van der Waals surface area contributed by atoms with Crippen LogP contribution in [0.2, 0.25) is 5.15 Å². The highest BCUT2D eigenvalue weighted by Crippen LogP contribution is 2.22. The molecule has 0 aromatic carbocycles.